The second kappa shape index (κ2) is 7.28. The van der Waals surface area contributed by atoms with E-state index >= 15 is 0 Å². The zero-order chi connectivity index (χ0) is 18.0. The maximum absolute atomic E-state index is 12.9. The van der Waals surface area contributed by atoms with Crippen LogP contribution in [0.1, 0.15) is 54.9 Å². The van der Waals surface area contributed by atoms with Crippen molar-refractivity contribution < 1.29 is 4.79 Å². The molecular weight excluding hydrogens is 334 g/mol. The molecule has 0 spiro atoms. The van der Waals surface area contributed by atoms with Crippen LogP contribution >= 0.6 is 11.6 Å². The van der Waals surface area contributed by atoms with E-state index in [9.17, 15) is 4.79 Å². The summed E-state index contributed by atoms with van der Waals surface area (Å²) in [4.78, 5) is 17.5. The van der Waals surface area contributed by atoms with Gasteiger partial charge in [-0.1, -0.05) is 50.9 Å². The Morgan fingerprint density at radius 1 is 1.20 bits per heavy atom. The van der Waals surface area contributed by atoms with Crippen LogP contribution in [0.5, 0.6) is 0 Å². The van der Waals surface area contributed by atoms with Gasteiger partial charge in [-0.15, -0.1) is 0 Å². The van der Waals surface area contributed by atoms with Crippen molar-refractivity contribution in [2.75, 3.05) is 5.32 Å². The first kappa shape index (κ1) is 17.5. The summed E-state index contributed by atoms with van der Waals surface area (Å²) in [5.41, 5.74) is 4.08. The molecule has 130 valence electrons. The molecule has 2 aromatic heterocycles. The van der Waals surface area contributed by atoms with Crippen LogP contribution in [0.3, 0.4) is 0 Å². The number of benzene rings is 1. The van der Waals surface area contributed by atoms with E-state index in [2.05, 4.69) is 31.1 Å². The Hall–Kier alpha value is -2.33. The third kappa shape index (κ3) is 3.69. The molecule has 0 atom stereocenters. The Kier molecular flexibility index (Phi) is 5.09. The number of nitrogens with zero attached hydrogens (tertiary/aromatic N) is 2. The summed E-state index contributed by atoms with van der Waals surface area (Å²) in [7, 11) is 0. The zero-order valence-corrected chi connectivity index (χ0v) is 15.5. The number of amides is 1. The van der Waals surface area contributed by atoms with Crippen molar-refractivity contribution in [3.63, 3.8) is 0 Å². The Labute approximate surface area is 152 Å². The molecule has 3 rings (SSSR count). The first-order chi connectivity index (χ1) is 12.0. The number of carbonyl (C=O) groups is 1. The Balaban J connectivity index is 1.95. The number of pyridine rings is 1. The van der Waals surface area contributed by atoms with E-state index in [0.29, 0.717) is 16.6 Å². The number of imidazole rings is 1. The summed E-state index contributed by atoms with van der Waals surface area (Å²) in [5.74, 6) is 0.289. The van der Waals surface area contributed by atoms with Gasteiger partial charge in [-0.05, 0) is 42.2 Å². The highest BCUT2D eigenvalue weighted by Crippen LogP contribution is 2.21. The fourth-order valence-corrected chi connectivity index (χ4v) is 3.02. The van der Waals surface area contributed by atoms with Crippen molar-refractivity contribution in [1.82, 2.24) is 9.38 Å². The average molecular weight is 356 g/mol. The van der Waals surface area contributed by atoms with Crippen LogP contribution in [0.4, 0.5) is 5.69 Å². The van der Waals surface area contributed by atoms with E-state index in [1.165, 1.54) is 5.56 Å². The van der Waals surface area contributed by atoms with Crippen LogP contribution in [0.2, 0.25) is 5.02 Å². The smallest absolute Gasteiger partial charge is 0.274 e. The standard InChI is InChI=1S/C20H22ClN3O/c1-4-5-17-19(24-12-15(21)8-11-18(24)23-17)20(25)22-16-9-6-14(7-10-16)13(2)3/h6-13H,4-5H2,1-3H3,(H,22,25). The molecule has 1 N–H and O–H groups in total. The van der Waals surface area contributed by atoms with Crippen molar-refractivity contribution in [1.29, 1.82) is 0 Å². The van der Waals surface area contributed by atoms with E-state index in [-0.39, 0.29) is 5.91 Å². The summed E-state index contributed by atoms with van der Waals surface area (Å²) < 4.78 is 1.77. The number of halogens is 1. The first-order valence-corrected chi connectivity index (χ1v) is 8.95. The SMILES string of the molecule is CCCc1nc2ccc(Cl)cn2c1C(=O)Nc1ccc(C(C)C)cc1. The third-order valence-corrected chi connectivity index (χ3v) is 4.42. The molecule has 0 saturated carbocycles. The van der Waals surface area contributed by atoms with Crippen molar-refractivity contribution >= 4 is 28.8 Å². The number of hydrogen-bond acceptors (Lipinski definition) is 2. The second-order valence-corrected chi connectivity index (χ2v) is 6.90. The topological polar surface area (TPSA) is 46.4 Å². The molecule has 1 amide bonds. The molecule has 25 heavy (non-hydrogen) atoms. The summed E-state index contributed by atoms with van der Waals surface area (Å²) in [5, 5.41) is 3.55. The first-order valence-electron chi connectivity index (χ1n) is 8.57. The van der Waals surface area contributed by atoms with Crippen LogP contribution in [0.15, 0.2) is 42.6 Å². The highest BCUT2D eigenvalue weighted by molar-refractivity contribution is 6.30. The quantitative estimate of drug-likeness (QED) is 0.673. The summed E-state index contributed by atoms with van der Waals surface area (Å²) in [6.45, 7) is 6.36. The van der Waals surface area contributed by atoms with Crippen LogP contribution in [0, 0.1) is 0 Å². The maximum Gasteiger partial charge on any atom is 0.274 e. The van der Waals surface area contributed by atoms with Gasteiger partial charge in [0, 0.05) is 11.9 Å². The Bertz CT molecular complexity index is 897. The predicted molar refractivity (Wildman–Crippen MR) is 103 cm³/mol. The number of hydrogen-bond donors (Lipinski definition) is 1. The molecular formula is C20H22ClN3O. The highest BCUT2D eigenvalue weighted by atomic mass is 35.5. The zero-order valence-electron chi connectivity index (χ0n) is 14.7. The number of carbonyl (C=O) groups excluding carboxylic acids is 1. The lowest BCUT2D eigenvalue weighted by atomic mass is 10.0. The van der Waals surface area contributed by atoms with E-state index in [0.717, 1.165) is 29.9 Å². The van der Waals surface area contributed by atoms with Crippen LogP contribution in [0.25, 0.3) is 5.65 Å². The molecule has 0 bridgehead atoms. The lowest BCUT2D eigenvalue weighted by Gasteiger charge is -2.09. The minimum absolute atomic E-state index is 0.171. The summed E-state index contributed by atoms with van der Waals surface area (Å²) in [6, 6.07) is 11.6. The van der Waals surface area contributed by atoms with Gasteiger partial charge in [0.05, 0.1) is 10.7 Å². The van der Waals surface area contributed by atoms with Crippen molar-refractivity contribution in [3.8, 4) is 0 Å². The van der Waals surface area contributed by atoms with Gasteiger partial charge in [-0.25, -0.2) is 4.98 Å². The molecule has 0 aliphatic heterocycles. The van der Waals surface area contributed by atoms with Crippen molar-refractivity contribution in [2.24, 2.45) is 0 Å². The lowest BCUT2D eigenvalue weighted by Crippen LogP contribution is -2.16. The van der Waals surface area contributed by atoms with E-state index < -0.39 is 0 Å². The average Bonchev–Trinajstić information content (AvgIpc) is 2.93. The van der Waals surface area contributed by atoms with E-state index in [1.807, 2.05) is 30.3 Å². The van der Waals surface area contributed by atoms with Gasteiger partial charge in [-0.2, -0.15) is 0 Å². The number of aromatic nitrogens is 2. The van der Waals surface area contributed by atoms with Gasteiger partial charge in [-0.3, -0.25) is 9.20 Å². The Morgan fingerprint density at radius 2 is 1.92 bits per heavy atom. The fraction of sp³-hybridized carbons (Fsp3) is 0.300. The van der Waals surface area contributed by atoms with Crippen LogP contribution < -0.4 is 5.32 Å². The van der Waals surface area contributed by atoms with Crippen LogP contribution in [-0.2, 0) is 6.42 Å². The Morgan fingerprint density at radius 3 is 2.56 bits per heavy atom. The molecule has 3 aromatic rings. The molecule has 0 aliphatic carbocycles. The van der Waals surface area contributed by atoms with Gasteiger partial charge < -0.3 is 5.32 Å². The molecule has 0 aliphatic rings. The molecule has 4 nitrogen and oxygen atoms in total. The molecule has 0 saturated heterocycles. The molecule has 0 unspecified atom stereocenters. The number of anilines is 1. The predicted octanol–water partition coefficient (Wildman–Crippen LogP) is 5.32. The monoisotopic (exact) mass is 355 g/mol. The fourth-order valence-electron chi connectivity index (χ4n) is 2.86. The molecule has 2 heterocycles. The number of aryl methyl sites for hydroxylation is 1. The highest BCUT2D eigenvalue weighted by Gasteiger charge is 2.19. The minimum atomic E-state index is -0.171. The van der Waals surface area contributed by atoms with E-state index in [4.69, 9.17) is 11.6 Å². The van der Waals surface area contributed by atoms with Gasteiger partial charge >= 0.3 is 0 Å². The van der Waals surface area contributed by atoms with Gasteiger partial charge in [0.2, 0.25) is 0 Å². The molecule has 0 radical (unpaired) electrons. The van der Waals surface area contributed by atoms with Gasteiger partial charge in [0.15, 0.2) is 0 Å². The molecule has 1 aromatic carbocycles. The maximum atomic E-state index is 12.9. The number of nitrogens with one attached hydrogen (secondary N) is 1. The van der Waals surface area contributed by atoms with Crippen molar-refractivity contribution in [3.05, 3.63) is 64.6 Å². The van der Waals surface area contributed by atoms with Crippen molar-refractivity contribution in [2.45, 2.75) is 39.5 Å². The number of fused-ring (bicyclic) bond motifs is 1. The summed E-state index contributed by atoms with van der Waals surface area (Å²) >= 11 is 6.11. The van der Waals surface area contributed by atoms with Gasteiger partial charge in [0.25, 0.3) is 5.91 Å². The molecule has 5 heteroatoms. The third-order valence-electron chi connectivity index (χ3n) is 4.19. The van der Waals surface area contributed by atoms with Gasteiger partial charge in [0.1, 0.15) is 11.3 Å². The largest absolute Gasteiger partial charge is 0.321 e. The number of rotatable bonds is 5. The lowest BCUT2D eigenvalue weighted by molar-refractivity contribution is 0.102. The second-order valence-electron chi connectivity index (χ2n) is 6.46. The minimum Gasteiger partial charge on any atom is -0.321 e. The van der Waals surface area contributed by atoms with Crippen LogP contribution in [-0.4, -0.2) is 15.3 Å². The summed E-state index contributed by atoms with van der Waals surface area (Å²) in [6.07, 6.45) is 3.40. The van der Waals surface area contributed by atoms with E-state index in [1.54, 1.807) is 16.7 Å². The normalized spacial score (nSPS) is 11.2. The molecule has 0 fully saturated rings.